The molecule has 0 saturated heterocycles. The Labute approximate surface area is 219 Å². The van der Waals surface area contributed by atoms with Crippen LogP contribution in [-0.4, -0.2) is 16.6 Å². The number of benzene rings is 3. The number of para-hydroxylation sites is 2. The minimum absolute atomic E-state index is 0.0424. The highest BCUT2D eigenvalue weighted by Crippen LogP contribution is 2.48. The predicted octanol–water partition coefficient (Wildman–Crippen LogP) is 6.63. The molecule has 3 aromatic carbocycles. The fraction of sp³-hybridized carbons (Fsp3) is 0.241. The lowest BCUT2D eigenvalue weighted by atomic mass is 9.73. The van der Waals surface area contributed by atoms with Crippen LogP contribution in [0.1, 0.15) is 43.9 Å². The molecule has 1 amide bonds. The molecule has 1 N–H and O–H groups in total. The van der Waals surface area contributed by atoms with Crippen LogP contribution in [0.3, 0.4) is 0 Å². The third-order valence-electron chi connectivity index (χ3n) is 6.86. The summed E-state index contributed by atoms with van der Waals surface area (Å²) in [6.45, 7) is 4.11. The number of carbonyl (C=O) groups is 2. The number of carbonyl (C=O) groups excluding carboxylic acids is 2. The lowest BCUT2D eigenvalue weighted by molar-refractivity contribution is -0.384. The minimum Gasteiger partial charge on any atom is -0.357 e. The highest BCUT2D eigenvalue weighted by Gasteiger charge is 2.43. The van der Waals surface area contributed by atoms with Crippen LogP contribution in [0.2, 0.25) is 5.02 Å². The summed E-state index contributed by atoms with van der Waals surface area (Å²) in [5, 5.41) is 15.4. The summed E-state index contributed by atoms with van der Waals surface area (Å²) in [7, 11) is 0. The molecule has 3 aromatic rings. The second-order valence-corrected chi connectivity index (χ2v) is 10.7. The summed E-state index contributed by atoms with van der Waals surface area (Å²) in [5.41, 5.74) is 3.79. The van der Waals surface area contributed by atoms with Crippen molar-refractivity contribution in [3.63, 3.8) is 0 Å². The molecule has 188 valence electrons. The van der Waals surface area contributed by atoms with Gasteiger partial charge >= 0.3 is 0 Å². The molecular formula is C29H26ClN3O4. The Balaban J connectivity index is 1.70. The van der Waals surface area contributed by atoms with Crippen LogP contribution in [0.15, 0.2) is 84.1 Å². The Kier molecular flexibility index (Phi) is 6.33. The fourth-order valence-electron chi connectivity index (χ4n) is 5.22. The topological polar surface area (TPSA) is 92.6 Å². The molecule has 0 unspecified atom stereocenters. The molecule has 0 saturated carbocycles. The molecule has 7 nitrogen and oxygen atoms in total. The number of Topliss-reactive ketones (excluding diaryl/α,β-unsaturated/α-hetero) is 1. The first-order valence-corrected chi connectivity index (χ1v) is 12.4. The number of anilines is 2. The highest BCUT2D eigenvalue weighted by atomic mass is 35.5. The first kappa shape index (κ1) is 24.7. The number of amides is 1. The standard InChI is InChI=1S/C29H26ClN3O4/c1-29(2)16-23-27(25(34)17-29)28(19-9-13-21(14-10-19)33(36)37)32(24-6-4-3-5-22(24)31-23)26(35)15-18-7-11-20(30)12-8-18/h3-14,28,31H,15-17H2,1-2H3/t28-/m1/s1. The van der Waals surface area contributed by atoms with Gasteiger partial charge in [0.25, 0.3) is 5.69 Å². The monoisotopic (exact) mass is 515 g/mol. The van der Waals surface area contributed by atoms with Crippen LogP contribution in [0.4, 0.5) is 17.1 Å². The Morgan fingerprint density at radius 2 is 1.73 bits per heavy atom. The maximum atomic E-state index is 14.1. The number of rotatable bonds is 4. The molecule has 1 aliphatic heterocycles. The van der Waals surface area contributed by atoms with Gasteiger partial charge in [-0.25, -0.2) is 0 Å². The second-order valence-electron chi connectivity index (χ2n) is 10.3. The van der Waals surface area contributed by atoms with Gasteiger partial charge in [0.15, 0.2) is 5.78 Å². The zero-order valence-electron chi connectivity index (χ0n) is 20.5. The van der Waals surface area contributed by atoms with Gasteiger partial charge in [0.1, 0.15) is 0 Å². The minimum atomic E-state index is -0.740. The largest absolute Gasteiger partial charge is 0.357 e. The van der Waals surface area contributed by atoms with E-state index >= 15 is 0 Å². The number of hydrogen-bond acceptors (Lipinski definition) is 5. The van der Waals surface area contributed by atoms with Crippen molar-refractivity contribution in [2.75, 3.05) is 10.2 Å². The lowest BCUT2D eigenvalue weighted by Crippen LogP contribution is -2.40. The van der Waals surface area contributed by atoms with Crippen molar-refractivity contribution in [2.24, 2.45) is 5.41 Å². The van der Waals surface area contributed by atoms with E-state index in [0.29, 0.717) is 34.7 Å². The molecule has 2 aliphatic rings. The average molecular weight is 516 g/mol. The van der Waals surface area contributed by atoms with Crippen molar-refractivity contribution < 1.29 is 14.5 Å². The van der Waals surface area contributed by atoms with E-state index in [1.807, 2.05) is 36.4 Å². The van der Waals surface area contributed by atoms with Gasteiger partial charge < -0.3 is 5.32 Å². The number of nitrogens with one attached hydrogen (secondary N) is 1. The fourth-order valence-corrected chi connectivity index (χ4v) is 5.34. The highest BCUT2D eigenvalue weighted by molar-refractivity contribution is 6.30. The van der Waals surface area contributed by atoms with Crippen molar-refractivity contribution in [3.8, 4) is 0 Å². The van der Waals surface area contributed by atoms with Gasteiger partial charge in [-0.3, -0.25) is 24.6 Å². The summed E-state index contributed by atoms with van der Waals surface area (Å²) in [4.78, 5) is 40.3. The molecule has 8 heteroatoms. The number of hydrogen-bond donors (Lipinski definition) is 1. The summed E-state index contributed by atoms with van der Waals surface area (Å²) in [6, 6.07) is 19.9. The SMILES string of the molecule is CC1(C)CC(=O)C2=C(C1)Nc1ccccc1N(C(=O)Cc1ccc(Cl)cc1)[C@@H]2c1ccc([N+](=O)[O-])cc1. The van der Waals surface area contributed by atoms with Crippen LogP contribution in [0.5, 0.6) is 0 Å². The van der Waals surface area contributed by atoms with E-state index in [9.17, 15) is 19.7 Å². The zero-order valence-corrected chi connectivity index (χ0v) is 21.3. The van der Waals surface area contributed by atoms with Gasteiger partial charge in [-0.2, -0.15) is 0 Å². The van der Waals surface area contributed by atoms with Crippen LogP contribution < -0.4 is 10.2 Å². The third kappa shape index (κ3) is 4.87. The van der Waals surface area contributed by atoms with Crippen LogP contribution in [0, 0.1) is 15.5 Å². The quantitative estimate of drug-likeness (QED) is 0.311. The van der Waals surface area contributed by atoms with Crippen LogP contribution in [-0.2, 0) is 16.0 Å². The second kappa shape index (κ2) is 9.48. The molecule has 0 fully saturated rings. The number of nitrogens with zero attached hydrogens (tertiary/aromatic N) is 2. The zero-order chi connectivity index (χ0) is 26.3. The van der Waals surface area contributed by atoms with Crippen molar-refractivity contribution in [1.29, 1.82) is 0 Å². The van der Waals surface area contributed by atoms with E-state index < -0.39 is 11.0 Å². The Bertz CT molecular complexity index is 1430. The van der Waals surface area contributed by atoms with E-state index in [2.05, 4.69) is 19.2 Å². The number of allylic oxidation sites excluding steroid dienone is 1. The Hall–Kier alpha value is -3.97. The molecule has 0 radical (unpaired) electrons. The molecule has 0 spiro atoms. The molecule has 0 aromatic heterocycles. The van der Waals surface area contributed by atoms with Crippen molar-refractivity contribution in [1.82, 2.24) is 0 Å². The van der Waals surface area contributed by atoms with Gasteiger partial charge in [-0.1, -0.05) is 49.7 Å². The number of nitro benzene ring substituents is 1. The van der Waals surface area contributed by atoms with Crippen molar-refractivity contribution in [3.05, 3.63) is 110 Å². The van der Waals surface area contributed by atoms with Gasteiger partial charge in [-0.15, -0.1) is 0 Å². The molecule has 1 aliphatic carbocycles. The normalized spacial score (nSPS) is 18.4. The Morgan fingerprint density at radius 3 is 2.41 bits per heavy atom. The number of nitro groups is 1. The number of halogens is 1. The summed E-state index contributed by atoms with van der Waals surface area (Å²) in [6.07, 6.45) is 1.06. The van der Waals surface area contributed by atoms with E-state index in [0.717, 1.165) is 16.9 Å². The smallest absolute Gasteiger partial charge is 0.269 e. The number of non-ortho nitro benzene ring substituents is 1. The van der Waals surface area contributed by atoms with Crippen molar-refractivity contribution in [2.45, 2.75) is 39.2 Å². The molecule has 5 rings (SSSR count). The van der Waals surface area contributed by atoms with Gasteiger partial charge in [0.2, 0.25) is 5.91 Å². The van der Waals surface area contributed by atoms with Crippen LogP contribution >= 0.6 is 11.6 Å². The first-order valence-electron chi connectivity index (χ1n) is 12.1. The predicted molar refractivity (Wildman–Crippen MR) is 144 cm³/mol. The molecule has 1 atom stereocenters. The lowest BCUT2D eigenvalue weighted by Gasteiger charge is -2.37. The number of ketones is 1. The third-order valence-corrected chi connectivity index (χ3v) is 7.11. The van der Waals surface area contributed by atoms with Crippen molar-refractivity contribution >= 4 is 40.4 Å². The summed E-state index contributed by atoms with van der Waals surface area (Å²) >= 11 is 6.04. The summed E-state index contributed by atoms with van der Waals surface area (Å²) < 4.78 is 0. The maximum Gasteiger partial charge on any atom is 0.269 e. The maximum absolute atomic E-state index is 14.1. The van der Waals surface area contributed by atoms with E-state index in [1.165, 1.54) is 12.1 Å². The van der Waals surface area contributed by atoms with Gasteiger partial charge in [-0.05, 0) is 59.4 Å². The number of fused-ring (bicyclic) bond motifs is 1. The molecule has 0 bridgehead atoms. The summed E-state index contributed by atoms with van der Waals surface area (Å²) in [5.74, 6) is -0.245. The van der Waals surface area contributed by atoms with E-state index in [4.69, 9.17) is 11.6 Å². The van der Waals surface area contributed by atoms with Gasteiger partial charge in [0, 0.05) is 34.8 Å². The molecule has 37 heavy (non-hydrogen) atoms. The van der Waals surface area contributed by atoms with Gasteiger partial charge in [0.05, 0.1) is 28.8 Å². The first-order chi connectivity index (χ1) is 17.6. The average Bonchev–Trinajstić information content (AvgIpc) is 2.99. The molecule has 1 heterocycles. The van der Waals surface area contributed by atoms with Crippen LogP contribution in [0.25, 0.3) is 0 Å². The van der Waals surface area contributed by atoms with E-state index in [-0.39, 0.29) is 29.2 Å². The Morgan fingerprint density at radius 1 is 1.05 bits per heavy atom. The molecular weight excluding hydrogens is 490 g/mol. The van der Waals surface area contributed by atoms with E-state index in [1.54, 1.807) is 29.2 Å².